The maximum absolute atomic E-state index is 12.1. The molecule has 3 aromatic rings. The van der Waals surface area contributed by atoms with E-state index >= 15 is 0 Å². The van der Waals surface area contributed by atoms with Gasteiger partial charge in [0.2, 0.25) is 0 Å². The fourth-order valence-electron chi connectivity index (χ4n) is 2.81. The van der Waals surface area contributed by atoms with E-state index in [1.807, 2.05) is 43.5 Å². The van der Waals surface area contributed by atoms with Crippen molar-refractivity contribution in [1.82, 2.24) is 0 Å². The Balaban J connectivity index is 2.05. The van der Waals surface area contributed by atoms with E-state index in [-0.39, 0.29) is 17.8 Å². The van der Waals surface area contributed by atoms with E-state index in [1.165, 1.54) is 17.8 Å². The number of benzene rings is 2. The minimum Gasteiger partial charge on any atom is -0.460 e. The molecule has 124 valence electrons. The van der Waals surface area contributed by atoms with Crippen LogP contribution < -0.4 is 5.63 Å². The first-order valence-corrected chi connectivity index (χ1v) is 9.06. The lowest BCUT2D eigenvalue weighted by Crippen LogP contribution is -2.19. The molecular weight excluding hydrogens is 324 g/mol. The maximum atomic E-state index is 12.1. The van der Waals surface area contributed by atoms with E-state index in [0.29, 0.717) is 17.6 Å². The van der Waals surface area contributed by atoms with Gasteiger partial charge in [0, 0.05) is 17.0 Å². The molecule has 1 atom stereocenters. The Morgan fingerprint density at radius 1 is 1.25 bits per heavy atom. The summed E-state index contributed by atoms with van der Waals surface area (Å²) in [7, 11) is 0. The number of thioether (sulfide) groups is 1. The van der Waals surface area contributed by atoms with E-state index in [1.54, 1.807) is 6.07 Å². The van der Waals surface area contributed by atoms with Crippen LogP contribution in [0.3, 0.4) is 0 Å². The Kier molecular flexibility index (Phi) is 4.90. The zero-order valence-electron chi connectivity index (χ0n) is 13.6. The summed E-state index contributed by atoms with van der Waals surface area (Å²) in [6.07, 6.45) is 2.59. The third-order valence-electron chi connectivity index (χ3n) is 4.00. The molecule has 0 aliphatic heterocycles. The quantitative estimate of drug-likeness (QED) is 0.396. The zero-order chi connectivity index (χ0) is 17.1. The smallest absolute Gasteiger partial charge is 0.336 e. The topological polar surface area (TPSA) is 56.5 Å². The number of ether oxygens (including phenoxy) is 1. The van der Waals surface area contributed by atoms with E-state index in [9.17, 15) is 9.59 Å². The molecule has 1 heterocycles. The summed E-state index contributed by atoms with van der Waals surface area (Å²) in [6.45, 7) is 2.01. The summed E-state index contributed by atoms with van der Waals surface area (Å²) >= 11 is 1.47. The van der Waals surface area contributed by atoms with Crippen molar-refractivity contribution >= 4 is 39.5 Å². The van der Waals surface area contributed by atoms with Gasteiger partial charge in [0.15, 0.2) is 0 Å². The Labute approximate surface area is 143 Å². The molecule has 1 aromatic heterocycles. The first-order chi connectivity index (χ1) is 11.6. The van der Waals surface area contributed by atoms with Gasteiger partial charge in [-0.1, -0.05) is 37.3 Å². The summed E-state index contributed by atoms with van der Waals surface area (Å²) in [4.78, 5) is 23.9. The molecule has 5 heteroatoms. The van der Waals surface area contributed by atoms with Gasteiger partial charge in [-0.3, -0.25) is 4.79 Å². The summed E-state index contributed by atoms with van der Waals surface area (Å²) in [5, 5.41) is 2.65. The van der Waals surface area contributed by atoms with E-state index in [4.69, 9.17) is 9.15 Å². The van der Waals surface area contributed by atoms with Gasteiger partial charge in [-0.2, -0.15) is 11.8 Å². The van der Waals surface area contributed by atoms with Crippen LogP contribution in [0, 0.1) is 0 Å². The molecule has 0 aliphatic carbocycles. The van der Waals surface area contributed by atoms with Gasteiger partial charge >= 0.3 is 11.6 Å². The Bertz CT molecular complexity index is 941. The second kappa shape index (κ2) is 7.09. The fourth-order valence-corrected chi connectivity index (χ4v) is 3.40. The van der Waals surface area contributed by atoms with Crippen LogP contribution in [0.25, 0.3) is 21.7 Å². The van der Waals surface area contributed by atoms with Crippen LogP contribution in [0.1, 0.15) is 18.9 Å². The van der Waals surface area contributed by atoms with Gasteiger partial charge in [0.1, 0.15) is 17.4 Å². The van der Waals surface area contributed by atoms with Crippen molar-refractivity contribution in [2.45, 2.75) is 25.2 Å². The van der Waals surface area contributed by atoms with Crippen LogP contribution in [0.4, 0.5) is 0 Å². The van der Waals surface area contributed by atoms with Crippen molar-refractivity contribution in [2.75, 3.05) is 6.26 Å². The van der Waals surface area contributed by atoms with Gasteiger partial charge in [0.25, 0.3) is 0 Å². The van der Waals surface area contributed by atoms with Crippen molar-refractivity contribution < 1.29 is 13.9 Å². The largest absolute Gasteiger partial charge is 0.460 e. The highest BCUT2D eigenvalue weighted by atomic mass is 32.2. The molecule has 0 bridgehead atoms. The van der Waals surface area contributed by atoms with Crippen molar-refractivity contribution in [3.05, 3.63) is 58.4 Å². The highest BCUT2D eigenvalue weighted by Crippen LogP contribution is 2.28. The predicted molar refractivity (Wildman–Crippen MR) is 97.4 cm³/mol. The lowest BCUT2D eigenvalue weighted by atomic mass is 10.0. The molecule has 0 aliphatic rings. The second-order valence-corrected chi connectivity index (χ2v) is 6.53. The first-order valence-electron chi connectivity index (χ1n) is 7.78. The highest BCUT2D eigenvalue weighted by molar-refractivity contribution is 7.99. The highest BCUT2D eigenvalue weighted by Gasteiger charge is 2.18. The Morgan fingerprint density at radius 3 is 2.79 bits per heavy atom. The molecule has 0 N–H and O–H groups in total. The number of carbonyl (C=O) groups is 1. The molecule has 1 unspecified atom stereocenters. The first kappa shape index (κ1) is 16.6. The third kappa shape index (κ3) is 3.17. The summed E-state index contributed by atoms with van der Waals surface area (Å²) in [6, 6.07) is 13.0. The van der Waals surface area contributed by atoms with Gasteiger partial charge < -0.3 is 9.15 Å². The van der Waals surface area contributed by atoms with E-state index < -0.39 is 5.63 Å². The lowest BCUT2D eigenvalue weighted by Gasteiger charge is -2.13. The molecule has 0 amide bonds. The average molecular weight is 342 g/mol. The summed E-state index contributed by atoms with van der Waals surface area (Å²) in [5.74, 6) is -0.258. The monoisotopic (exact) mass is 342 g/mol. The summed E-state index contributed by atoms with van der Waals surface area (Å²) < 4.78 is 10.8. The third-order valence-corrected chi connectivity index (χ3v) is 5.10. The number of fused-ring (bicyclic) bond motifs is 3. The Morgan fingerprint density at radius 2 is 2.04 bits per heavy atom. The maximum Gasteiger partial charge on any atom is 0.336 e. The SMILES string of the molecule is CCC(SC)C(=O)OCc1cc(=O)oc2ccc3ccccc3c12. The van der Waals surface area contributed by atoms with Crippen molar-refractivity contribution in [3.8, 4) is 0 Å². The number of hydrogen-bond acceptors (Lipinski definition) is 5. The molecule has 24 heavy (non-hydrogen) atoms. The normalized spacial score (nSPS) is 12.4. The van der Waals surface area contributed by atoms with Crippen LogP contribution in [0.2, 0.25) is 0 Å². The van der Waals surface area contributed by atoms with E-state index in [0.717, 1.165) is 16.2 Å². The standard InChI is InChI=1S/C19H18O4S/c1-3-16(24-2)19(21)22-11-13-10-17(20)23-15-9-8-12-6-4-5-7-14(12)18(13)15/h4-10,16H,3,11H2,1-2H3. The average Bonchev–Trinajstić information content (AvgIpc) is 2.60. The van der Waals surface area contributed by atoms with E-state index in [2.05, 4.69) is 0 Å². The van der Waals surface area contributed by atoms with Gasteiger partial charge in [-0.15, -0.1) is 0 Å². The van der Waals surface area contributed by atoms with Crippen LogP contribution in [0.15, 0.2) is 51.7 Å². The molecule has 0 radical (unpaired) electrons. The van der Waals surface area contributed by atoms with Gasteiger partial charge in [-0.25, -0.2) is 4.79 Å². The minimum atomic E-state index is -0.444. The van der Waals surface area contributed by atoms with Crippen molar-refractivity contribution in [3.63, 3.8) is 0 Å². The molecule has 0 saturated heterocycles. The fraction of sp³-hybridized carbons (Fsp3) is 0.263. The lowest BCUT2D eigenvalue weighted by molar-refractivity contribution is -0.144. The second-order valence-electron chi connectivity index (χ2n) is 5.49. The number of carbonyl (C=O) groups excluding carboxylic acids is 1. The summed E-state index contributed by atoms with van der Waals surface area (Å²) in [5.41, 5.74) is 0.729. The zero-order valence-corrected chi connectivity index (χ0v) is 14.4. The molecule has 0 saturated carbocycles. The predicted octanol–water partition coefficient (Wildman–Crippen LogP) is 4.13. The van der Waals surface area contributed by atoms with Crippen LogP contribution in [-0.2, 0) is 16.1 Å². The molecule has 4 nitrogen and oxygen atoms in total. The van der Waals surface area contributed by atoms with Crippen LogP contribution in [-0.4, -0.2) is 17.5 Å². The molecule has 3 rings (SSSR count). The molecule has 2 aromatic carbocycles. The molecular formula is C19H18O4S. The minimum absolute atomic E-state index is 0.0615. The van der Waals surface area contributed by atoms with Crippen molar-refractivity contribution in [2.24, 2.45) is 0 Å². The van der Waals surface area contributed by atoms with Gasteiger partial charge in [0.05, 0.1) is 0 Å². The van der Waals surface area contributed by atoms with Crippen LogP contribution in [0.5, 0.6) is 0 Å². The number of esters is 1. The molecule has 0 spiro atoms. The number of hydrogen-bond donors (Lipinski definition) is 0. The molecule has 0 fully saturated rings. The van der Waals surface area contributed by atoms with Crippen molar-refractivity contribution in [1.29, 1.82) is 0 Å². The van der Waals surface area contributed by atoms with Gasteiger partial charge in [-0.05, 0) is 29.5 Å². The number of rotatable bonds is 5. The Hall–Kier alpha value is -2.27. The van der Waals surface area contributed by atoms with Crippen LogP contribution >= 0.6 is 11.8 Å².